The van der Waals surface area contributed by atoms with Crippen LogP contribution in [-0.2, 0) is 23.0 Å². The first kappa shape index (κ1) is 20.2. The number of fused-ring (bicyclic) bond motifs is 1. The lowest BCUT2D eigenvalue weighted by atomic mass is 9.77. The van der Waals surface area contributed by atoms with Gasteiger partial charge in [-0.2, -0.15) is 5.21 Å². The Morgan fingerprint density at radius 1 is 1.10 bits per heavy atom. The Bertz CT molecular complexity index is 1060. The summed E-state index contributed by atoms with van der Waals surface area (Å²) in [5.41, 5.74) is 7.99. The van der Waals surface area contributed by atoms with E-state index in [0.29, 0.717) is 12.4 Å². The zero-order valence-corrected chi connectivity index (χ0v) is 18.4. The van der Waals surface area contributed by atoms with E-state index < -0.39 is 0 Å². The zero-order chi connectivity index (χ0) is 21.3. The lowest BCUT2D eigenvalue weighted by Crippen LogP contribution is -2.31. The Kier molecular flexibility index (Phi) is 5.52. The predicted octanol–water partition coefficient (Wildman–Crippen LogP) is 4.61. The number of nitrogens with one attached hydrogen (secondary N) is 1. The summed E-state index contributed by atoms with van der Waals surface area (Å²) in [7, 11) is 1.80. The molecule has 5 rings (SSSR count). The lowest BCUT2D eigenvalue weighted by molar-refractivity contribution is 0.129. The number of tetrazole rings is 1. The number of nitrogens with zero attached hydrogens (tertiary/aromatic N) is 5. The fourth-order valence-corrected chi connectivity index (χ4v) is 5.59. The van der Waals surface area contributed by atoms with Crippen LogP contribution in [0.15, 0.2) is 18.3 Å². The predicted molar refractivity (Wildman–Crippen MR) is 121 cm³/mol. The molecule has 1 saturated carbocycles. The third kappa shape index (κ3) is 3.65. The number of hydrogen-bond donors (Lipinski definition) is 1. The van der Waals surface area contributed by atoms with Crippen molar-refractivity contribution in [1.29, 1.82) is 0 Å². The largest absolute Gasteiger partial charge is 0.384 e. The van der Waals surface area contributed by atoms with Crippen LogP contribution in [0.5, 0.6) is 0 Å². The number of aromatic amines is 1. The van der Waals surface area contributed by atoms with Crippen LogP contribution >= 0.6 is 0 Å². The lowest BCUT2D eigenvalue weighted by Gasteiger charge is -2.32. The quantitative estimate of drug-likeness (QED) is 0.607. The van der Waals surface area contributed by atoms with Gasteiger partial charge >= 0.3 is 0 Å². The second kappa shape index (κ2) is 8.46. The molecule has 3 aromatic rings. The third-order valence-electron chi connectivity index (χ3n) is 6.96. The van der Waals surface area contributed by atoms with Crippen molar-refractivity contribution < 1.29 is 6.16 Å². The van der Waals surface area contributed by atoms with Gasteiger partial charge in [0.05, 0.1) is 17.9 Å². The van der Waals surface area contributed by atoms with E-state index >= 15 is 0 Å². The molecule has 3 heterocycles. The van der Waals surface area contributed by atoms with Crippen molar-refractivity contribution in [1.82, 2.24) is 30.6 Å². The molecule has 0 aliphatic heterocycles. The van der Waals surface area contributed by atoms with E-state index in [1.807, 2.05) is 13.1 Å². The Morgan fingerprint density at radius 2 is 1.94 bits per heavy atom. The van der Waals surface area contributed by atoms with Crippen molar-refractivity contribution in [3.05, 3.63) is 41.0 Å². The van der Waals surface area contributed by atoms with Crippen molar-refractivity contribution in [3.63, 3.8) is 0 Å². The number of hydrogen-bond acceptors (Lipinski definition) is 6. The molecule has 2 aliphatic rings. The Balaban J connectivity index is 0.00000245. The highest BCUT2D eigenvalue weighted by atomic mass is 16.5. The van der Waals surface area contributed by atoms with Gasteiger partial charge in [-0.25, -0.2) is 0 Å². The van der Waals surface area contributed by atoms with Crippen molar-refractivity contribution in [2.24, 2.45) is 0 Å². The van der Waals surface area contributed by atoms with Gasteiger partial charge in [-0.1, -0.05) is 19.3 Å². The van der Waals surface area contributed by atoms with Crippen LogP contribution in [0.2, 0.25) is 0 Å². The van der Waals surface area contributed by atoms with Crippen LogP contribution in [0.1, 0.15) is 69.0 Å². The normalized spacial score (nSPS) is 18.0. The third-order valence-corrected chi connectivity index (χ3v) is 6.96. The molecule has 7 nitrogen and oxygen atoms in total. The van der Waals surface area contributed by atoms with Gasteiger partial charge in [0.15, 0.2) is 0 Å². The smallest absolute Gasteiger partial charge is 0.207 e. The highest BCUT2D eigenvalue weighted by Crippen LogP contribution is 2.48. The first-order valence-corrected chi connectivity index (χ1v) is 11.4. The summed E-state index contributed by atoms with van der Waals surface area (Å²) in [6.07, 6.45) is 12.1. The van der Waals surface area contributed by atoms with Crippen LogP contribution in [0, 0.1) is 6.92 Å². The highest BCUT2D eigenvalue weighted by molar-refractivity contribution is 5.86. The molecule has 0 bridgehead atoms. The SMILES string of the molecule is COCC1(c2nc3c(c(-c4ccnc(C)c4)c2-c2nn[nH]n2)CCCCC3)CCCC1.[HH]. The fourth-order valence-electron chi connectivity index (χ4n) is 5.59. The number of methoxy groups -OCH3 is 1. The van der Waals surface area contributed by atoms with Gasteiger partial charge in [-0.15, -0.1) is 10.2 Å². The molecule has 0 atom stereocenters. The summed E-state index contributed by atoms with van der Waals surface area (Å²) >= 11 is 0. The summed E-state index contributed by atoms with van der Waals surface area (Å²) in [6.45, 7) is 2.71. The van der Waals surface area contributed by atoms with Crippen LogP contribution in [0.4, 0.5) is 0 Å². The standard InChI is InChI=1S/C24H30N6O.H2/c1-16-14-17(10-13-25-16)20-18-8-4-3-5-9-19(18)26-22(21(20)23-27-29-30-28-23)24(15-31-2)11-6-7-12-24;/h10,13-14H,3-9,11-12,15H2,1-2H3,(H,27,28,29,30);1H. The molecule has 1 fully saturated rings. The Labute approximate surface area is 184 Å². The van der Waals surface area contributed by atoms with Crippen molar-refractivity contribution >= 4 is 0 Å². The first-order chi connectivity index (χ1) is 15.2. The van der Waals surface area contributed by atoms with E-state index in [-0.39, 0.29) is 6.84 Å². The fraction of sp³-hybridized carbons (Fsp3) is 0.542. The maximum Gasteiger partial charge on any atom is 0.207 e. The van der Waals surface area contributed by atoms with Gasteiger partial charge in [0.25, 0.3) is 0 Å². The Hall–Kier alpha value is -2.67. The molecular weight excluding hydrogens is 388 g/mol. The molecule has 7 heteroatoms. The first-order valence-electron chi connectivity index (χ1n) is 11.4. The summed E-state index contributed by atoms with van der Waals surface area (Å²) in [4.78, 5) is 9.84. The van der Waals surface area contributed by atoms with Crippen LogP contribution in [0.25, 0.3) is 22.5 Å². The van der Waals surface area contributed by atoms with E-state index in [1.54, 1.807) is 7.11 Å². The van der Waals surface area contributed by atoms with Crippen molar-refractivity contribution in [2.75, 3.05) is 13.7 Å². The maximum absolute atomic E-state index is 5.78. The van der Waals surface area contributed by atoms with Crippen LogP contribution < -0.4 is 0 Å². The van der Waals surface area contributed by atoms with Crippen LogP contribution in [0.3, 0.4) is 0 Å². The van der Waals surface area contributed by atoms with Gasteiger partial charge in [0, 0.05) is 31.5 Å². The topological polar surface area (TPSA) is 89.5 Å². The average molecular weight is 421 g/mol. The van der Waals surface area contributed by atoms with Crippen molar-refractivity contribution in [2.45, 2.75) is 70.1 Å². The van der Waals surface area contributed by atoms with Gasteiger partial charge in [0.2, 0.25) is 5.82 Å². The molecule has 31 heavy (non-hydrogen) atoms. The molecule has 0 saturated heterocycles. The van der Waals surface area contributed by atoms with E-state index in [0.717, 1.165) is 42.6 Å². The monoisotopic (exact) mass is 420 g/mol. The molecule has 0 radical (unpaired) electrons. The van der Waals surface area contributed by atoms with E-state index in [9.17, 15) is 0 Å². The number of pyridine rings is 2. The average Bonchev–Trinajstić information content (AvgIpc) is 3.42. The van der Waals surface area contributed by atoms with E-state index in [1.165, 1.54) is 54.5 Å². The molecule has 0 aromatic carbocycles. The van der Waals surface area contributed by atoms with Gasteiger partial charge in [-0.05, 0) is 79.5 Å². The number of H-pyrrole nitrogens is 1. The maximum atomic E-state index is 5.78. The van der Waals surface area contributed by atoms with E-state index in [2.05, 4.69) is 37.7 Å². The number of ether oxygens (including phenoxy) is 1. The van der Waals surface area contributed by atoms with Gasteiger partial charge < -0.3 is 4.74 Å². The van der Waals surface area contributed by atoms with Gasteiger partial charge in [-0.3, -0.25) is 9.97 Å². The summed E-state index contributed by atoms with van der Waals surface area (Å²) in [6, 6.07) is 4.28. The number of aryl methyl sites for hydroxylation is 2. The Morgan fingerprint density at radius 3 is 2.68 bits per heavy atom. The second-order valence-corrected chi connectivity index (χ2v) is 9.04. The minimum absolute atomic E-state index is 0. The summed E-state index contributed by atoms with van der Waals surface area (Å²) < 4.78 is 5.78. The molecule has 164 valence electrons. The van der Waals surface area contributed by atoms with Crippen LogP contribution in [-0.4, -0.2) is 44.3 Å². The molecule has 0 spiro atoms. The minimum atomic E-state index is -0.108. The zero-order valence-electron chi connectivity index (χ0n) is 18.4. The molecule has 0 amide bonds. The van der Waals surface area contributed by atoms with Gasteiger partial charge in [0.1, 0.15) is 0 Å². The molecule has 3 aromatic heterocycles. The number of rotatable bonds is 5. The van der Waals surface area contributed by atoms with Crippen molar-refractivity contribution in [3.8, 4) is 22.5 Å². The summed E-state index contributed by atoms with van der Waals surface area (Å²) in [5, 5.41) is 15.5. The molecule has 1 N–H and O–H groups in total. The number of aromatic nitrogens is 6. The van der Waals surface area contributed by atoms with E-state index in [4.69, 9.17) is 9.72 Å². The minimum Gasteiger partial charge on any atom is -0.384 e. The molecule has 0 unspecified atom stereocenters. The molecule has 2 aliphatic carbocycles. The summed E-state index contributed by atoms with van der Waals surface area (Å²) in [5.74, 6) is 0.626. The molecular formula is C24H32N6O. The second-order valence-electron chi connectivity index (χ2n) is 9.04. The highest BCUT2D eigenvalue weighted by Gasteiger charge is 2.41.